The molecule has 2 heterocycles. The lowest BCUT2D eigenvalue weighted by Gasteiger charge is -2.29. The molecule has 7 nitrogen and oxygen atoms in total. The van der Waals surface area contributed by atoms with Gasteiger partial charge in [0.1, 0.15) is 0 Å². The lowest BCUT2D eigenvalue weighted by molar-refractivity contribution is -0.270. The molecule has 0 radical (unpaired) electrons. The van der Waals surface area contributed by atoms with Crippen molar-refractivity contribution in [3.63, 3.8) is 0 Å². The summed E-state index contributed by atoms with van der Waals surface area (Å²) in [5, 5.41) is 16.6. The average molecular weight is 379 g/mol. The van der Waals surface area contributed by atoms with Crippen LogP contribution in [0.1, 0.15) is 12.2 Å². The minimum atomic E-state index is -5.08. The van der Waals surface area contributed by atoms with Gasteiger partial charge in [0.25, 0.3) is 0 Å². The summed E-state index contributed by atoms with van der Waals surface area (Å²) < 4.78 is 43.0. The fourth-order valence-electron chi connectivity index (χ4n) is 2.63. The first-order valence-corrected chi connectivity index (χ1v) is 7.87. The van der Waals surface area contributed by atoms with Gasteiger partial charge >= 0.3 is 6.18 Å². The van der Waals surface area contributed by atoms with Crippen LogP contribution in [0.15, 0.2) is 55.1 Å². The Morgan fingerprint density at radius 1 is 1.19 bits per heavy atom. The molecule has 1 unspecified atom stereocenters. The molecular weight excluding hydrogens is 363 g/mol. The zero-order chi connectivity index (χ0) is 19.7. The summed E-state index contributed by atoms with van der Waals surface area (Å²) in [4.78, 5) is 15.7. The molecule has 0 aliphatic carbocycles. The second-order valence-electron chi connectivity index (χ2n) is 5.94. The van der Waals surface area contributed by atoms with Gasteiger partial charge in [-0.05, 0) is 30.3 Å². The van der Waals surface area contributed by atoms with Gasteiger partial charge in [0, 0.05) is 37.5 Å². The Labute approximate surface area is 152 Å². The van der Waals surface area contributed by atoms with Gasteiger partial charge in [-0.1, -0.05) is 0 Å². The highest BCUT2D eigenvalue weighted by Gasteiger charge is 2.58. The quantitative estimate of drug-likeness (QED) is 0.713. The van der Waals surface area contributed by atoms with E-state index in [2.05, 4.69) is 15.4 Å². The van der Waals surface area contributed by atoms with Crippen molar-refractivity contribution < 1.29 is 23.1 Å². The Kier molecular flexibility index (Phi) is 4.75. The van der Waals surface area contributed by atoms with Crippen LogP contribution in [0.5, 0.6) is 0 Å². The lowest BCUT2D eigenvalue weighted by atomic mass is 9.97. The van der Waals surface area contributed by atoms with E-state index < -0.39 is 29.9 Å². The van der Waals surface area contributed by atoms with E-state index in [4.69, 9.17) is 0 Å². The molecule has 3 aromatic rings. The summed E-state index contributed by atoms with van der Waals surface area (Å²) in [7, 11) is 1.31. The van der Waals surface area contributed by atoms with Crippen LogP contribution in [0.25, 0.3) is 5.69 Å². The number of carbonyl (C=O) groups is 1. The van der Waals surface area contributed by atoms with Crippen molar-refractivity contribution in [3.8, 4) is 5.69 Å². The Balaban J connectivity index is 1.76. The molecule has 1 amide bonds. The highest BCUT2D eigenvalue weighted by Crippen LogP contribution is 2.40. The van der Waals surface area contributed by atoms with E-state index in [9.17, 15) is 23.1 Å². The standard InChI is InChI=1S/C17H16F3N5O2/c1-24-10-8-21-15(24)16(27,17(18,19)20)11-14(26)23-12-3-5-13(6-4-12)25-9-2-7-22-25/h2-10,27H,11H2,1H3,(H,23,26). The molecule has 3 rings (SSSR count). The van der Waals surface area contributed by atoms with Crippen molar-refractivity contribution in [2.75, 3.05) is 5.32 Å². The average Bonchev–Trinajstić information content (AvgIpc) is 3.26. The first-order chi connectivity index (χ1) is 12.7. The molecule has 0 saturated carbocycles. The highest BCUT2D eigenvalue weighted by molar-refractivity contribution is 5.91. The third-order valence-corrected chi connectivity index (χ3v) is 4.00. The number of imidazole rings is 1. The highest BCUT2D eigenvalue weighted by atomic mass is 19.4. The van der Waals surface area contributed by atoms with Crippen molar-refractivity contribution in [1.82, 2.24) is 19.3 Å². The molecule has 142 valence electrons. The maximum Gasteiger partial charge on any atom is 0.425 e. The molecular formula is C17H16F3N5O2. The van der Waals surface area contributed by atoms with Crippen LogP contribution in [-0.4, -0.2) is 36.5 Å². The Morgan fingerprint density at radius 2 is 1.89 bits per heavy atom. The number of aryl methyl sites for hydroxylation is 1. The predicted octanol–water partition coefficient (Wildman–Crippen LogP) is 2.38. The van der Waals surface area contributed by atoms with Gasteiger partial charge in [0.05, 0.1) is 12.1 Å². The Bertz CT molecular complexity index is 919. The van der Waals surface area contributed by atoms with Gasteiger partial charge < -0.3 is 15.0 Å². The number of nitrogens with one attached hydrogen (secondary N) is 1. The van der Waals surface area contributed by atoms with Crippen molar-refractivity contribution in [2.45, 2.75) is 18.2 Å². The van der Waals surface area contributed by atoms with Crippen LogP contribution in [0.3, 0.4) is 0 Å². The van der Waals surface area contributed by atoms with Gasteiger partial charge in [-0.25, -0.2) is 9.67 Å². The number of hydrogen-bond donors (Lipinski definition) is 2. The van der Waals surface area contributed by atoms with Crippen molar-refractivity contribution >= 4 is 11.6 Å². The minimum Gasteiger partial charge on any atom is -0.374 e. The summed E-state index contributed by atoms with van der Waals surface area (Å²) in [5.74, 6) is -1.65. The predicted molar refractivity (Wildman–Crippen MR) is 90.0 cm³/mol. The summed E-state index contributed by atoms with van der Waals surface area (Å²) in [6, 6.07) is 8.10. The molecule has 0 aliphatic rings. The number of aliphatic hydroxyl groups is 1. The molecule has 0 bridgehead atoms. The summed E-state index contributed by atoms with van der Waals surface area (Å²) in [5.41, 5.74) is -2.39. The second kappa shape index (κ2) is 6.88. The normalized spacial score (nSPS) is 14.0. The van der Waals surface area contributed by atoms with Gasteiger partial charge in [-0.3, -0.25) is 4.79 Å². The topological polar surface area (TPSA) is 85.0 Å². The SMILES string of the molecule is Cn1ccnc1C(O)(CC(=O)Nc1ccc(-n2cccn2)cc1)C(F)(F)F. The van der Waals surface area contributed by atoms with Crippen LogP contribution in [0.4, 0.5) is 18.9 Å². The minimum absolute atomic E-state index is 0.292. The molecule has 1 atom stereocenters. The van der Waals surface area contributed by atoms with E-state index in [0.717, 1.165) is 16.5 Å². The van der Waals surface area contributed by atoms with Crippen LogP contribution >= 0.6 is 0 Å². The summed E-state index contributed by atoms with van der Waals surface area (Å²) in [6.45, 7) is 0. The molecule has 1 aromatic carbocycles. The van der Waals surface area contributed by atoms with Crippen molar-refractivity contribution in [1.29, 1.82) is 0 Å². The summed E-state index contributed by atoms with van der Waals surface area (Å²) in [6.07, 6.45) is -0.583. The fourth-order valence-corrected chi connectivity index (χ4v) is 2.63. The molecule has 0 aliphatic heterocycles. The zero-order valence-corrected chi connectivity index (χ0v) is 14.2. The number of rotatable bonds is 5. The van der Waals surface area contributed by atoms with Gasteiger partial charge in [0.15, 0.2) is 5.82 Å². The number of alkyl halides is 3. The third-order valence-electron chi connectivity index (χ3n) is 4.00. The number of hydrogen-bond acceptors (Lipinski definition) is 4. The van der Waals surface area contributed by atoms with Crippen LogP contribution in [0, 0.1) is 0 Å². The molecule has 0 spiro atoms. The second-order valence-corrected chi connectivity index (χ2v) is 5.94. The number of amides is 1. The smallest absolute Gasteiger partial charge is 0.374 e. The largest absolute Gasteiger partial charge is 0.425 e. The van der Waals surface area contributed by atoms with Crippen LogP contribution < -0.4 is 5.32 Å². The number of benzene rings is 1. The molecule has 0 fully saturated rings. The lowest BCUT2D eigenvalue weighted by Crippen LogP contribution is -2.46. The van der Waals surface area contributed by atoms with E-state index in [1.807, 2.05) is 0 Å². The van der Waals surface area contributed by atoms with E-state index >= 15 is 0 Å². The maximum atomic E-state index is 13.5. The van der Waals surface area contributed by atoms with E-state index in [1.54, 1.807) is 35.3 Å². The number of aromatic nitrogens is 4. The van der Waals surface area contributed by atoms with E-state index in [-0.39, 0.29) is 0 Å². The Hall–Kier alpha value is -3.14. The maximum absolute atomic E-state index is 13.5. The number of carbonyl (C=O) groups excluding carboxylic acids is 1. The van der Waals surface area contributed by atoms with Crippen molar-refractivity contribution in [2.24, 2.45) is 7.05 Å². The molecule has 27 heavy (non-hydrogen) atoms. The fraction of sp³-hybridized carbons (Fsp3) is 0.235. The monoisotopic (exact) mass is 379 g/mol. The van der Waals surface area contributed by atoms with E-state index in [0.29, 0.717) is 5.69 Å². The number of halogens is 3. The van der Waals surface area contributed by atoms with Crippen LogP contribution in [0.2, 0.25) is 0 Å². The Morgan fingerprint density at radius 3 is 2.41 bits per heavy atom. The third kappa shape index (κ3) is 3.70. The van der Waals surface area contributed by atoms with Crippen LogP contribution in [-0.2, 0) is 17.4 Å². The van der Waals surface area contributed by atoms with Gasteiger partial charge in [0.2, 0.25) is 11.5 Å². The number of anilines is 1. The van der Waals surface area contributed by atoms with Gasteiger partial charge in [-0.15, -0.1) is 0 Å². The first-order valence-electron chi connectivity index (χ1n) is 7.87. The van der Waals surface area contributed by atoms with E-state index in [1.165, 1.54) is 25.4 Å². The van der Waals surface area contributed by atoms with Gasteiger partial charge in [-0.2, -0.15) is 18.3 Å². The summed E-state index contributed by atoms with van der Waals surface area (Å²) >= 11 is 0. The molecule has 0 saturated heterocycles. The molecule has 10 heteroatoms. The first kappa shape index (κ1) is 18.6. The molecule has 2 aromatic heterocycles. The molecule has 2 N–H and O–H groups in total. The zero-order valence-electron chi connectivity index (χ0n) is 14.2. The van der Waals surface area contributed by atoms with Crippen molar-refractivity contribution in [3.05, 3.63) is 60.9 Å². The number of nitrogens with zero attached hydrogens (tertiary/aromatic N) is 4.